The van der Waals surface area contributed by atoms with Gasteiger partial charge in [0.2, 0.25) is 0 Å². The second-order valence-corrected chi connectivity index (χ2v) is 19.9. The molecule has 4 rings (SSSR count). The SMILES string of the molecule is COc1cccc2c1c(N(COCC[Si](C)(C)C)S(=O)(=O)c1ccc(Cl)s1)nn2Cc1cccc(CC(=O)O)c1. The van der Waals surface area contributed by atoms with Crippen LogP contribution in [0.5, 0.6) is 5.75 Å². The molecular formula is C27H32ClN3O6S2Si. The Bertz CT molecular complexity index is 1610. The fourth-order valence-corrected chi connectivity index (χ4v) is 7.80. The van der Waals surface area contributed by atoms with Crippen LogP contribution >= 0.6 is 22.9 Å². The Morgan fingerprint density at radius 3 is 2.50 bits per heavy atom. The highest BCUT2D eigenvalue weighted by molar-refractivity contribution is 7.94. The molecule has 0 aliphatic rings. The van der Waals surface area contributed by atoms with Crippen molar-refractivity contribution in [3.8, 4) is 5.75 Å². The third-order valence-corrected chi connectivity index (χ3v) is 11.3. The van der Waals surface area contributed by atoms with Crippen molar-refractivity contribution in [1.29, 1.82) is 0 Å². The molecule has 2 heterocycles. The molecule has 0 unspecified atom stereocenters. The zero-order valence-electron chi connectivity index (χ0n) is 22.8. The van der Waals surface area contributed by atoms with Crippen molar-refractivity contribution < 1.29 is 27.8 Å². The van der Waals surface area contributed by atoms with Crippen LogP contribution in [-0.2, 0) is 32.5 Å². The molecule has 4 aromatic rings. The quantitative estimate of drug-likeness (QED) is 0.112. The van der Waals surface area contributed by atoms with E-state index in [4.69, 9.17) is 26.2 Å². The maximum Gasteiger partial charge on any atom is 0.307 e. The predicted octanol–water partition coefficient (Wildman–Crippen LogP) is 5.94. The molecule has 214 valence electrons. The minimum absolute atomic E-state index is 0.0743. The van der Waals surface area contributed by atoms with Crippen LogP contribution in [0.2, 0.25) is 30.0 Å². The fourth-order valence-electron chi connectivity index (χ4n) is 4.14. The highest BCUT2D eigenvalue weighted by atomic mass is 35.5. The summed E-state index contributed by atoms with van der Waals surface area (Å²) in [7, 11) is -3.98. The number of halogens is 1. The van der Waals surface area contributed by atoms with Gasteiger partial charge in [0.05, 0.1) is 35.3 Å². The Balaban J connectivity index is 1.81. The number of ether oxygens (including phenoxy) is 2. The summed E-state index contributed by atoms with van der Waals surface area (Å²) in [5.41, 5.74) is 2.14. The lowest BCUT2D eigenvalue weighted by molar-refractivity contribution is -0.136. The number of nitrogens with zero attached hydrogens (tertiary/aromatic N) is 3. The fraction of sp³-hybridized carbons (Fsp3) is 0.333. The number of sulfonamides is 1. The molecular weight excluding hydrogens is 590 g/mol. The first-order valence-corrected chi connectivity index (χ1v) is 18.9. The first kappa shape index (κ1) is 30.1. The number of thiophene rings is 1. The van der Waals surface area contributed by atoms with Crippen molar-refractivity contribution in [2.45, 2.75) is 42.9 Å². The molecule has 0 aliphatic heterocycles. The number of aromatic nitrogens is 2. The summed E-state index contributed by atoms with van der Waals surface area (Å²) in [6, 6.07) is 16.5. The zero-order chi connectivity index (χ0) is 29.1. The van der Waals surface area contributed by atoms with Crippen molar-refractivity contribution in [3.05, 3.63) is 70.1 Å². The number of hydrogen-bond donors (Lipinski definition) is 1. The summed E-state index contributed by atoms with van der Waals surface area (Å²) in [4.78, 5) is 11.2. The van der Waals surface area contributed by atoms with E-state index in [9.17, 15) is 18.3 Å². The summed E-state index contributed by atoms with van der Waals surface area (Å²) in [5, 5.41) is 14.5. The molecule has 0 amide bonds. The van der Waals surface area contributed by atoms with Crippen LogP contribution in [0.3, 0.4) is 0 Å². The van der Waals surface area contributed by atoms with E-state index in [1.165, 1.54) is 17.5 Å². The Morgan fingerprint density at radius 2 is 1.85 bits per heavy atom. The molecule has 0 saturated heterocycles. The summed E-state index contributed by atoms with van der Waals surface area (Å²) in [5.74, 6) is -0.283. The molecule has 2 aromatic carbocycles. The molecule has 0 spiro atoms. The Labute approximate surface area is 244 Å². The number of fused-ring (bicyclic) bond motifs is 1. The number of carboxylic acids is 1. The van der Waals surface area contributed by atoms with Crippen LogP contribution in [0.1, 0.15) is 11.1 Å². The molecule has 1 N–H and O–H groups in total. The zero-order valence-corrected chi connectivity index (χ0v) is 26.1. The van der Waals surface area contributed by atoms with Crippen LogP contribution in [0, 0.1) is 0 Å². The average Bonchev–Trinajstić information content (AvgIpc) is 3.47. The van der Waals surface area contributed by atoms with E-state index in [1.54, 1.807) is 28.9 Å². The Morgan fingerprint density at radius 1 is 1.12 bits per heavy atom. The average molecular weight is 622 g/mol. The minimum Gasteiger partial charge on any atom is -0.496 e. The van der Waals surface area contributed by atoms with E-state index in [2.05, 4.69) is 19.6 Å². The first-order valence-electron chi connectivity index (χ1n) is 12.6. The van der Waals surface area contributed by atoms with Gasteiger partial charge in [0.15, 0.2) is 5.82 Å². The van der Waals surface area contributed by atoms with Gasteiger partial charge in [0.25, 0.3) is 10.0 Å². The van der Waals surface area contributed by atoms with E-state index in [1.807, 2.05) is 24.3 Å². The molecule has 40 heavy (non-hydrogen) atoms. The minimum atomic E-state index is -4.09. The second-order valence-electron chi connectivity index (χ2n) is 10.5. The number of methoxy groups -OCH3 is 1. The van der Waals surface area contributed by atoms with Crippen LogP contribution in [0.15, 0.2) is 58.8 Å². The Hall–Kier alpha value is -2.90. The standard InChI is InChI=1S/C27H32ClN3O6S2Si/c1-36-22-10-6-9-21-26(22)27(29-30(21)17-20-8-5-7-19(15-20)16-24(32)33)31(18-37-13-14-40(2,3)4)39(34,35)25-12-11-23(28)38-25/h5-12,15H,13-14,16-18H2,1-4H3,(H,32,33). The maximum absolute atomic E-state index is 14.0. The molecule has 9 nitrogen and oxygen atoms in total. The molecule has 13 heteroatoms. The van der Waals surface area contributed by atoms with Crippen LogP contribution in [-0.4, -0.2) is 57.8 Å². The van der Waals surface area contributed by atoms with Gasteiger partial charge in [-0.05, 0) is 41.4 Å². The highest BCUT2D eigenvalue weighted by Crippen LogP contribution is 2.38. The molecule has 0 saturated carbocycles. The van der Waals surface area contributed by atoms with Crippen molar-refractivity contribution in [2.24, 2.45) is 0 Å². The van der Waals surface area contributed by atoms with Gasteiger partial charge >= 0.3 is 5.97 Å². The van der Waals surface area contributed by atoms with Crippen LogP contribution < -0.4 is 9.04 Å². The van der Waals surface area contributed by atoms with E-state index in [0.717, 1.165) is 22.9 Å². The summed E-state index contributed by atoms with van der Waals surface area (Å²) in [6.07, 6.45) is -0.100. The van der Waals surface area contributed by atoms with Crippen molar-refractivity contribution in [2.75, 3.05) is 24.8 Å². The van der Waals surface area contributed by atoms with Crippen molar-refractivity contribution in [1.82, 2.24) is 9.78 Å². The number of rotatable bonds is 13. The topological polar surface area (TPSA) is 111 Å². The summed E-state index contributed by atoms with van der Waals surface area (Å²) < 4.78 is 42.8. The largest absolute Gasteiger partial charge is 0.496 e. The van der Waals surface area contributed by atoms with Crippen LogP contribution in [0.25, 0.3) is 10.9 Å². The van der Waals surface area contributed by atoms with E-state index >= 15 is 0 Å². The third-order valence-electron chi connectivity index (χ3n) is 6.15. The van der Waals surface area contributed by atoms with Gasteiger partial charge in [0, 0.05) is 14.7 Å². The number of hydrogen-bond acceptors (Lipinski definition) is 7. The highest BCUT2D eigenvalue weighted by Gasteiger charge is 2.32. The lowest BCUT2D eigenvalue weighted by Gasteiger charge is -2.23. The third kappa shape index (κ3) is 7.05. The van der Waals surface area contributed by atoms with E-state index < -0.39 is 24.1 Å². The lowest BCUT2D eigenvalue weighted by atomic mass is 10.1. The van der Waals surface area contributed by atoms with E-state index in [-0.39, 0.29) is 29.7 Å². The number of aliphatic carboxylic acids is 1. The number of carboxylic acid groups (broad SMARTS) is 1. The number of carbonyl (C=O) groups is 1. The van der Waals surface area contributed by atoms with E-state index in [0.29, 0.717) is 33.2 Å². The molecule has 0 atom stereocenters. The molecule has 2 aromatic heterocycles. The molecule has 0 bridgehead atoms. The second kappa shape index (κ2) is 12.3. The van der Waals surface area contributed by atoms with Gasteiger partial charge in [0.1, 0.15) is 16.7 Å². The Kier molecular flexibility index (Phi) is 9.25. The van der Waals surface area contributed by atoms with Gasteiger partial charge in [-0.15, -0.1) is 11.3 Å². The van der Waals surface area contributed by atoms with Crippen molar-refractivity contribution >= 4 is 63.7 Å². The van der Waals surface area contributed by atoms with Gasteiger partial charge in [-0.25, -0.2) is 12.7 Å². The molecule has 0 aliphatic carbocycles. The monoisotopic (exact) mass is 621 g/mol. The van der Waals surface area contributed by atoms with Gasteiger partial charge < -0.3 is 14.6 Å². The molecule has 0 radical (unpaired) electrons. The van der Waals surface area contributed by atoms with Gasteiger partial charge in [-0.3, -0.25) is 9.48 Å². The van der Waals surface area contributed by atoms with Crippen LogP contribution in [0.4, 0.5) is 5.82 Å². The van der Waals surface area contributed by atoms with Gasteiger partial charge in [-0.2, -0.15) is 5.10 Å². The first-order chi connectivity index (χ1) is 18.9. The summed E-state index contributed by atoms with van der Waals surface area (Å²) in [6.45, 7) is 7.14. The summed E-state index contributed by atoms with van der Waals surface area (Å²) >= 11 is 7.07. The normalized spacial score (nSPS) is 12.1. The van der Waals surface area contributed by atoms with Gasteiger partial charge in [-0.1, -0.05) is 61.6 Å². The predicted molar refractivity (Wildman–Crippen MR) is 161 cm³/mol. The number of anilines is 1. The lowest BCUT2D eigenvalue weighted by Crippen LogP contribution is -2.34. The molecule has 0 fully saturated rings. The van der Waals surface area contributed by atoms with Crippen molar-refractivity contribution in [3.63, 3.8) is 0 Å². The maximum atomic E-state index is 14.0. The smallest absolute Gasteiger partial charge is 0.307 e. The number of benzene rings is 2.